The minimum absolute atomic E-state index is 0.00997. The zero-order valence-corrected chi connectivity index (χ0v) is 12.2. The molecule has 0 aliphatic heterocycles. The van der Waals surface area contributed by atoms with Crippen LogP contribution in [0.3, 0.4) is 0 Å². The van der Waals surface area contributed by atoms with Crippen LogP contribution in [-0.2, 0) is 0 Å². The maximum atomic E-state index is 11.8. The largest absolute Gasteiger partial charge is 0.398 e. The Labute approximate surface area is 114 Å². The molecule has 0 radical (unpaired) electrons. The topological polar surface area (TPSA) is 46.3 Å². The number of nitrogens with zero attached hydrogens (tertiary/aromatic N) is 1. The number of amides is 1. The van der Waals surface area contributed by atoms with Crippen LogP contribution in [0.5, 0.6) is 0 Å². The molecule has 100 valence electrons. The molecule has 0 fully saturated rings. The van der Waals surface area contributed by atoms with Crippen LogP contribution >= 0.6 is 11.8 Å². The molecule has 0 aliphatic rings. The van der Waals surface area contributed by atoms with Crippen molar-refractivity contribution in [1.29, 1.82) is 0 Å². The molecule has 1 amide bonds. The monoisotopic (exact) mass is 266 g/mol. The van der Waals surface area contributed by atoms with Gasteiger partial charge in [-0.2, -0.15) is 0 Å². The number of nitrogens with two attached hydrogens (primary N) is 1. The highest BCUT2D eigenvalue weighted by atomic mass is 32.2. The molecule has 0 unspecified atom stereocenters. The molecule has 0 saturated heterocycles. The molecule has 0 aromatic heterocycles. The molecule has 0 saturated carbocycles. The van der Waals surface area contributed by atoms with Crippen molar-refractivity contribution in [3.05, 3.63) is 23.8 Å². The van der Waals surface area contributed by atoms with Crippen LogP contribution in [0.15, 0.2) is 23.1 Å². The lowest BCUT2D eigenvalue weighted by atomic mass is 10.2. The van der Waals surface area contributed by atoms with Gasteiger partial charge in [0.2, 0.25) is 0 Å². The third-order valence-corrected chi connectivity index (χ3v) is 3.84. The zero-order valence-electron chi connectivity index (χ0n) is 11.4. The van der Waals surface area contributed by atoms with E-state index in [9.17, 15) is 4.79 Å². The Morgan fingerprint density at radius 1 is 1.33 bits per heavy atom. The Morgan fingerprint density at radius 3 is 2.61 bits per heavy atom. The standard InChI is InChI=1S/C14H22N2OS/c1-4-5-6-9-18-13-8-7-11(10-12(13)15)14(17)16(2)3/h7-8,10H,4-6,9,15H2,1-3H3. The molecular formula is C14H22N2OS. The van der Waals surface area contributed by atoms with Crippen LogP contribution in [-0.4, -0.2) is 30.7 Å². The van der Waals surface area contributed by atoms with Gasteiger partial charge in [0.05, 0.1) is 0 Å². The molecule has 0 atom stereocenters. The second-order valence-corrected chi connectivity index (χ2v) is 5.64. The predicted molar refractivity (Wildman–Crippen MR) is 79.1 cm³/mol. The van der Waals surface area contributed by atoms with E-state index < -0.39 is 0 Å². The molecule has 3 nitrogen and oxygen atoms in total. The summed E-state index contributed by atoms with van der Waals surface area (Å²) in [7, 11) is 3.48. The van der Waals surface area contributed by atoms with Crippen molar-refractivity contribution in [3.63, 3.8) is 0 Å². The first-order valence-corrected chi connectivity index (χ1v) is 7.28. The third kappa shape index (κ3) is 4.26. The Bertz CT molecular complexity index is 405. The zero-order chi connectivity index (χ0) is 13.5. The fourth-order valence-electron chi connectivity index (χ4n) is 1.61. The summed E-state index contributed by atoms with van der Waals surface area (Å²) in [4.78, 5) is 14.4. The minimum atomic E-state index is -0.00997. The first kappa shape index (κ1) is 14.9. The summed E-state index contributed by atoms with van der Waals surface area (Å²) < 4.78 is 0. The molecule has 0 heterocycles. The Kier molecular flexibility index (Phi) is 6.05. The van der Waals surface area contributed by atoms with Crippen molar-refractivity contribution in [3.8, 4) is 0 Å². The number of hydrogen-bond donors (Lipinski definition) is 1. The summed E-state index contributed by atoms with van der Waals surface area (Å²) in [6, 6.07) is 5.56. The molecule has 1 aromatic rings. The average Bonchev–Trinajstić information content (AvgIpc) is 2.35. The lowest BCUT2D eigenvalue weighted by Crippen LogP contribution is -2.21. The van der Waals surface area contributed by atoms with E-state index in [0.29, 0.717) is 11.3 Å². The number of carbonyl (C=O) groups is 1. The number of rotatable bonds is 6. The molecule has 4 heteroatoms. The second-order valence-electron chi connectivity index (χ2n) is 4.51. The molecule has 18 heavy (non-hydrogen) atoms. The van der Waals surface area contributed by atoms with Gasteiger partial charge in [0.15, 0.2) is 0 Å². The van der Waals surface area contributed by atoms with Gasteiger partial charge in [-0.05, 0) is 30.4 Å². The number of carbonyl (C=O) groups excluding carboxylic acids is 1. The first-order chi connectivity index (χ1) is 8.56. The van der Waals surface area contributed by atoms with E-state index in [-0.39, 0.29) is 5.91 Å². The SMILES string of the molecule is CCCCCSc1ccc(C(=O)N(C)C)cc1N. The lowest BCUT2D eigenvalue weighted by Gasteiger charge is -2.12. The molecule has 1 aromatic carbocycles. The molecule has 0 spiro atoms. The quantitative estimate of drug-likeness (QED) is 0.488. The highest BCUT2D eigenvalue weighted by Crippen LogP contribution is 2.27. The Hall–Kier alpha value is -1.16. The maximum absolute atomic E-state index is 11.8. The van der Waals surface area contributed by atoms with Crippen molar-refractivity contribution >= 4 is 23.4 Å². The number of thioether (sulfide) groups is 1. The van der Waals surface area contributed by atoms with Gasteiger partial charge in [0.25, 0.3) is 5.91 Å². The van der Waals surface area contributed by atoms with E-state index in [2.05, 4.69) is 6.92 Å². The summed E-state index contributed by atoms with van der Waals surface area (Å²) in [5, 5.41) is 0. The maximum Gasteiger partial charge on any atom is 0.253 e. The fraction of sp³-hybridized carbons (Fsp3) is 0.500. The van der Waals surface area contributed by atoms with Crippen molar-refractivity contribution in [2.75, 3.05) is 25.6 Å². The summed E-state index contributed by atoms with van der Waals surface area (Å²) in [6.07, 6.45) is 3.69. The number of benzene rings is 1. The van der Waals surface area contributed by atoms with Gasteiger partial charge in [-0.25, -0.2) is 0 Å². The van der Waals surface area contributed by atoms with Crippen LogP contribution < -0.4 is 5.73 Å². The predicted octanol–water partition coefficient (Wildman–Crippen LogP) is 3.25. The van der Waals surface area contributed by atoms with Gasteiger partial charge >= 0.3 is 0 Å². The van der Waals surface area contributed by atoms with Gasteiger partial charge in [-0.3, -0.25) is 4.79 Å². The highest BCUT2D eigenvalue weighted by molar-refractivity contribution is 7.99. The highest BCUT2D eigenvalue weighted by Gasteiger charge is 2.09. The van der Waals surface area contributed by atoms with Crippen molar-refractivity contribution < 1.29 is 4.79 Å². The van der Waals surface area contributed by atoms with Crippen LogP contribution in [0.25, 0.3) is 0 Å². The third-order valence-electron chi connectivity index (χ3n) is 2.67. The molecule has 1 rings (SSSR count). The van der Waals surface area contributed by atoms with Crippen molar-refractivity contribution in [2.45, 2.75) is 31.1 Å². The second kappa shape index (κ2) is 7.31. The summed E-state index contributed by atoms with van der Waals surface area (Å²) in [5.74, 6) is 1.07. The minimum Gasteiger partial charge on any atom is -0.398 e. The number of nitrogen functional groups attached to an aromatic ring is 1. The molecular weight excluding hydrogens is 244 g/mol. The van der Waals surface area contributed by atoms with E-state index in [1.54, 1.807) is 36.8 Å². The fourth-order valence-corrected chi connectivity index (χ4v) is 2.56. The smallest absolute Gasteiger partial charge is 0.253 e. The molecule has 0 aliphatic carbocycles. The van der Waals surface area contributed by atoms with Gasteiger partial charge < -0.3 is 10.6 Å². The summed E-state index contributed by atoms with van der Waals surface area (Å²) in [5.41, 5.74) is 7.33. The van der Waals surface area contributed by atoms with Gasteiger partial charge in [0, 0.05) is 30.2 Å². The Morgan fingerprint density at radius 2 is 2.06 bits per heavy atom. The van der Waals surface area contributed by atoms with Crippen LogP contribution in [0.1, 0.15) is 36.5 Å². The van der Waals surface area contributed by atoms with E-state index in [1.807, 2.05) is 12.1 Å². The number of anilines is 1. The molecule has 2 N–H and O–H groups in total. The van der Waals surface area contributed by atoms with Crippen molar-refractivity contribution in [1.82, 2.24) is 4.90 Å². The van der Waals surface area contributed by atoms with Gasteiger partial charge in [0.1, 0.15) is 0 Å². The summed E-state index contributed by atoms with van der Waals surface area (Å²) in [6.45, 7) is 2.20. The van der Waals surface area contributed by atoms with Gasteiger partial charge in [-0.15, -0.1) is 11.8 Å². The average molecular weight is 266 g/mol. The van der Waals surface area contributed by atoms with E-state index >= 15 is 0 Å². The lowest BCUT2D eigenvalue weighted by molar-refractivity contribution is 0.0827. The summed E-state index contributed by atoms with van der Waals surface area (Å²) >= 11 is 1.77. The van der Waals surface area contributed by atoms with Crippen molar-refractivity contribution in [2.24, 2.45) is 0 Å². The van der Waals surface area contributed by atoms with Crippen LogP contribution in [0, 0.1) is 0 Å². The van der Waals surface area contributed by atoms with E-state index in [4.69, 9.17) is 5.73 Å². The van der Waals surface area contributed by atoms with Crippen LogP contribution in [0.2, 0.25) is 0 Å². The number of hydrogen-bond acceptors (Lipinski definition) is 3. The number of unbranched alkanes of at least 4 members (excludes halogenated alkanes) is 2. The normalized spacial score (nSPS) is 10.4. The molecule has 0 bridgehead atoms. The Balaban J connectivity index is 2.65. The van der Waals surface area contributed by atoms with Gasteiger partial charge in [-0.1, -0.05) is 19.8 Å². The van der Waals surface area contributed by atoms with E-state index in [1.165, 1.54) is 19.3 Å². The first-order valence-electron chi connectivity index (χ1n) is 6.30. The van der Waals surface area contributed by atoms with E-state index in [0.717, 1.165) is 10.6 Å². The van der Waals surface area contributed by atoms with Crippen LogP contribution in [0.4, 0.5) is 5.69 Å².